The molecule has 0 radical (unpaired) electrons. The van der Waals surface area contributed by atoms with Crippen LogP contribution in [0.25, 0.3) is 11.3 Å². The third-order valence-corrected chi connectivity index (χ3v) is 5.51. The van der Waals surface area contributed by atoms with E-state index < -0.39 is 0 Å². The molecule has 0 aliphatic rings. The Bertz CT molecular complexity index is 1080. The molecule has 3 rings (SSSR count). The van der Waals surface area contributed by atoms with Gasteiger partial charge in [0.1, 0.15) is 5.75 Å². The van der Waals surface area contributed by atoms with Crippen molar-refractivity contribution in [3.05, 3.63) is 57.7 Å². The summed E-state index contributed by atoms with van der Waals surface area (Å²) in [5.74, 6) is 1.57. The zero-order valence-electron chi connectivity index (χ0n) is 17.2. The van der Waals surface area contributed by atoms with Gasteiger partial charge in [0.2, 0.25) is 0 Å². The van der Waals surface area contributed by atoms with Crippen LogP contribution in [-0.4, -0.2) is 31.3 Å². The zero-order chi connectivity index (χ0) is 21.0. The largest absolute Gasteiger partial charge is 0.494 e. The maximum absolute atomic E-state index is 12.7. The average Bonchev–Trinajstić information content (AvgIpc) is 3.01. The number of aromatic nitrogens is 1. The summed E-state index contributed by atoms with van der Waals surface area (Å²) in [4.78, 5) is 18.8. The molecule has 1 amide bonds. The van der Waals surface area contributed by atoms with Crippen LogP contribution in [0.1, 0.15) is 22.2 Å². The molecule has 1 heterocycles. The predicted octanol–water partition coefficient (Wildman–Crippen LogP) is 4.22. The molecule has 3 aromatic rings. The normalized spacial score (nSPS) is 11.4. The van der Waals surface area contributed by atoms with Crippen LogP contribution in [0.15, 0.2) is 47.5 Å². The number of hydrogen-bond acceptors (Lipinski definition) is 5. The fraction of sp³-hybridized carbons (Fsp3) is 0.273. The van der Waals surface area contributed by atoms with Gasteiger partial charge >= 0.3 is 0 Å². The first-order chi connectivity index (χ1) is 14.0. The standard InChI is InChI=1S/C22H24N2O4S/c1-6-28-17-10-7-15(8-11-17)20-14(2)29-22(24(20)3)23-21(25)16-9-12-18(26-4)19(13-16)27-5/h7-13H,6H2,1-5H3. The highest BCUT2D eigenvalue weighted by Crippen LogP contribution is 2.28. The third-order valence-electron chi connectivity index (χ3n) is 4.47. The van der Waals surface area contributed by atoms with Crippen molar-refractivity contribution < 1.29 is 19.0 Å². The lowest BCUT2D eigenvalue weighted by atomic mass is 10.1. The molecule has 6 nitrogen and oxygen atoms in total. The number of thiazole rings is 1. The van der Waals surface area contributed by atoms with Crippen molar-refractivity contribution in [1.29, 1.82) is 0 Å². The van der Waals surface area contributed by atoms with Crippen LogP contribution in [0.4, 0.5) is 0 Å². The van der Waals surface area contributed by atoms with Crippen molar-refractivity contribution in [1.82, 2.24) is 4.57 Å². The summed E-state index contributed by atoms with van der Waals surface area (Å²) in [6, 6.07) is 12.9. The summed E-state index contributed by atoms with van der Waals surface area (Å²) in [7, 11) is 5.01. The van der Waals surface area contributed by atoms with E-state index in [1.54, 1.807) is 25.3 Å². The van der Waals surface area contributed by atoms with Crippen molar-refractivity contribution in [2.24, 2.45) is 12.0 Å². The fourth-order valence-corrected chi connectivity index (χ4v) is 4.06. The zero-order valence-corrected chi connectivity index (χ0v) is 18.0. The Kier molecular flexibility index (Phi) is 6.39. The first-order valence-corrected chi connectivity index (χ1v) is 10.0. The van der Waals surface area contributed by atoms with E-state index in [0.717, 1.165) is 21.9 Å². The maximum atomic E-state index is 12.7. The molecule has 29 heavy (non-hydrogen) atoms. The second-order valence-electron chi connectivity index (χ2n) is 6.29. The van der Waals surface area contributed by atoms with Gasteiger partial charge in [-0.15, -0.1) is 11.3 Å². The van der Waals surface area contributed by atoms with Gasteiger partial charge in [-0.25, -0.2) is 0 Å². The Labute approximate surface area is 174 Å². The SMILES string of the molecule is CCOc1ccc(-c2c(C)sc(=NC(=O)c3ccc(OC)c(OC)c3)n2C)cc1. The number of benzene rings is 2. The van der Waals surface area contributed by atoms with Crippen LogP contribution in [0, 0.1) is 6.92 Å². The first kappa shape index (κ1) is 20.7. The van der Waals surface area contributed by atoms with Crippen LogP contribution in [0.3, 0.4) is 0 Å². The second-order valence-corrected chi connectivity index (χ2v) is 7.47. The first-order valence-electron chi connectivity index (χ1n) is 9.19. The van der Waals surface area contributed by atoms with Gasteiger partial charge in [0.05, 0.1) is 26.5 Å². The quantitative estimate of drug-likeness (QED) is 0.608. The van der Waals surface area contributed by atoms with Crippen molar-refractivity contribution in [3.63, 3.8) is 0 Å². The molecule has 0 aliphatic heterocycles. The Morgan fingerprint density at radius 3 is 2.38 bits per heavy atom. The number of rotatable bonds is 6. The van der Waals surface area contributed by atoms with Crippen molar-refractivity contribution in [3.8, 4) is 28.5 Å². The Morgan fingerprint density at radius 2 is 1.76 bits per heavy atom. The molecule has 2 aromatic carbocycles. The number of ether oxygens (including phenoxy) is 3. The van der Waals surface area contributed by atoms with Gasteiger partial charge in [0, 0.05) is 17.5 Å². The van der Waals surface area contributed by atoms with Crippen LogP contribution >= 0.6 is 11.3 Å². The van der Waals surface area contributed by atoms with Crippen molar-refractivity contribution >= 4 is 17.2 Å². The van der Waals surface area contributed by atoms with Gasteiger partial charge in [-0.2, -0.15) is 4.99 Å². The third kappa shape index (κ3) is 4.35. The van der Waals surface area contributed by atoms with E-state index in [9.17, 15) is 4.79 Å². The highest BCUT2D eigenvalue weighted by Gasteiger charge is 2.13. The monoisotopic (exact) mass is 412 g/mol. The van der Waals surface area contributed by atoms with Gasteiger partial charge in [0.15, 0.2) is 16.3 Å². The summed E-state index contributed by atoms with van der Waals surface area (Å²) in [5, 5.41) is 0. The maximum Gasteiger partial charge on any atom is 0.279 e. The molecule has 0 bridgehead atoms. The highest BCUT2D eigenvalue weighted by molar-refractivity contribution is 7.09. The van der Waals surface area contributed by atoms with Crippen LogP contribution in [0.5, 0.6) is 17.2 Å². The van der Waals surface area contributed by atoms with Crippen molar-refractivity contribution in [2.45, 2.75) is 13.8 Å². The summed E-state index contributed by atoms with van der Waals surface area (Å²) >= 11 is 1.48. The van der Waals surface area contributed by atoms with E-state index in [1.165, 1.54) is 18.4 Å². The van der Waals surface area contributed by atoms with E-state index >= 15 is 0 Å². The summed E-state index contributed by atoms with van der Waals surface area (Å²) in [6.07, 6.45) is 0. The van der Waals surface area contributed by atoms with Crippen LogP contribution < -0.4 is 19.0 Å². The molecule has 0 spiro atoms. The molecule has 0 unspecified atom stereocenters. The molecule has 0 saturated carbocycles. The highest BCUT2D eigenvalue weighted by atomic mass is 32.1. The number of carbonyl (C=O) groups is 1. The van der Waals surface area contributed by atoms with Gasteiger partial charge in [-0.3, -0.25) is 4.79 Å². The molecular formula is C22H24N2O4S. The molecule has 0 aliphatic carbocycles. The number of amides is 1. The Hall–Kier alpha value is -3.06. The summed E-state index contributed by atoms with van der Waals surface area (Å²) < 4.78 is 18.0. The molecule has 0 atom stereocenters. The minimum Gasteiger partial charge on any atom is -0.494 e. The topological polar surface area (TPSA) is 62.1 Å². The number of nitrogens with zero attached hydrogens (tertiary/aromatic N) is 2. The smallest absolute Gasteiger partial charge is 0.279 e. The predicted molar refractivity (Wildman–Crippen MR) is 114 cm³/mol. The number of hydrogen-bond donors (Lipinski definition) is 0. The molecular weight excluding hydrogens is 388 g/mol. The summed E-state index contributed by atoms with van der Waals surface area (Å²) in [6.45, 7) is 4.61. The lowest BCUT2D eigenvalue weighted by Gasteiger charge is -2.08. The minimum absolute atomic E-state index is 0.332. The van der Waals surface area contributed by atoms with E-state index in [4.69, 9.17) is 14.2 Å². The Balaban J connectivity index is 1.97. The molecule has 0 saturated heterocycles. The van der Waals surface area contributed by atoms with E-state index in [2.05, 4.69) is 4.99 Å². The van der Waals surface area contributed by atoms with Crippen molar-refractivity contribution in [2.75, 3.05) is 20.8 Å². The number of carbonyl (C=O) groups excluding carboxylic acids is 1. The average molecular weight is 413 g/mol. The molecule has 1 aromatic heterocycles. The lowest BCUT2D eigenvalue weighted by molar-refractivity contribution is 0.0997. The molecule has 0 N–H and O–H groups in total. The summed E-state index contributed by atoms with van der Waals surface area (Å²) in [5.41, 5.74) is 2.51. The van der Waals surface area contributed by atoms with Gasteiger partial charge < -0.3 is 18.8 Å². The number of methoxy groups -OCH3 is 2. The van der Waals surface area contributed by atoms with Crippen LogP contribution in [-0.2, 0) is 7.05 Å². The second kappa shape index (κ2) is 8.96. The van der Waals surface area contributed by atoms with Gasteiger partial charge in [0.25, 0.3) is 5.91 Å². The van der Waals surface area contributed by atoms with Gasteiger partial charge in [-0.05, 0) is 61.9 Å². The molecule has 152 valence electrons. The minimum atomic E-state index is -0.332. The van der Waals surface area contributed by atoms with E-state index in [1.807, 2.05) is 49.7 Å². The lowest BCUT2D eigenvalue weighted by Crippen LogP contribution is -2.14. The van der Waals surface area contributed by atoms with E-state index in [0.29, 0.717) is 28.5 Å². The molecule has 7 heteroatoms. The van der Waals surface area contributed by atoms with E-state index in [-0.39, 0.29) is 5.91 Å². The number of aryl methyl sites for hydroxylation is 1. The molecule has 0 fully saturated rings. The van der Waals surface area contributed by atoms with Gasteiger partial charge in [-0.1, -0.05) is 0 Å². The fourth-order valence-electron chi connectivity index (χ4n) is 3.08. The Morgan fingerprint density at radius 1 is 1.07 bits per heavy atom. The van der Waals surface area contributed by atoms with Crippen LogP contribution in [0.2, 0.25) is 0 Å².